The Labute approximate surface area is 83.1 Å². The Morgan fingerprint density at radius 1 is 1.43 bits per heavy atom. The Hall–Kier alpha value is -1.51. The molecule has 1 N–H and O–H groups in total. The summed E-state index contributed by atoms with van der Waals surface area (Å²) in [6.07, 6.45) is 0.529. The number of aryl methyl sites for hydroxylation is 1. The maximum absolute atomic E-state index is 11.0. The standard InChI is InChI=1S/C11H13NO2/c1-8-4-2-3-5-9(8)10-6-7-14-11(13)12-10/h2-5,10H,6-7H2,1H3,(H,12,13)/t10-/m0/s1. The molecule has 2 rings (SSSR count). The molecule has 3 heteroatoms. The fraction of sp³-hybridized carbons (Fsp3) is 0.364. The van der Waals surface area contributed by atoms with Crippen LogP contribution in [0.4, 0.5) is 4.79 Å². The molecule has 1 aromatic rings. The SMILES string of the molecule is Cc1ccccc1[C@@H]1CCOC(=O)N1. The summed E-state index contributed by atoms with van der Waals surface area (Å²) in [5.74, 6) is 0. The van der Waals surface area contributed by atoms with Gasteiger partial charge in [0.15, 0.2) is 0 Å². The number of amides is 1. The molecular weight excluding hydrogens is 178 g/mol. The second-order valence-electron chi connectivity index (χ2n) is 3.48. The van der Waals surface area contributed by atoms with Crippen molar-refractivity contribution in [3.8, 4) is 0 Å². The van der Waals surface area contributed by atoms with Crippen LogP contribution < -0.4 is 5.32 Å². The molecule has 3 nitrogen and oxygen atoms in total. The monoisotopic (exact) mass is 191 g/mol. The smallest absolute Gasteiger partial charge is 0.407 e. The van der Waals surface area contributed by atoms with E-state index in [-0.39, 0.29) is 12.1 Å². The third kappa shape index (κ3) is 1.71. The number of cyclic esters (lactones) is 1. The Morgan fingerprint density at radius 2 is 2.21 bits per heavy atom. The van der Waals surface area contributed by atoms with E-state index < -0.39 is 0 Å². The molecule has 1 saturated heterocycles. The van der Waals surface area contributed by atoms with Crippen LogP contribution in [0.5, 0.6) is 0 Å². The molecular formula is C11H13NO2. The number of rotatable bonds is 1. The quantitative estimate of drug-likeness (QED) is 0.738. The van der Waals surface area contributed by atoms with E-state index in [0.29, 0.717) is 6.61 Å². The van der Waals surface area contributed by atoms with E-state index in [4.69, 9.17) is 4.74 Å². The Kier molecular flexibility index (Phi) is 2.39. The molecule has 1 aliphatic rings. The first-order valence-corrected chi connectivity index (χ1v) is 4.76. The largest absolute Gasteiger partial charge is 0.449 e. The topological polar surface area (TPSA) is 38.3 Å². The molecule has 1 fully saturated rings. The van der Waals surface area contributed by atoms with Gasteiger partial charge in [-0.25, -0.2) is 4.79 Å². The highest BCUT2D eigenvalue weighted by Crippen LogP contribution is 2.22. The summed E-state index contributed by atoms with van der Waals surface area (Å²) in [4.78, 5) is 11.0. The third-order valence-corrected chi connectivity index (χ3v) is 2.50. The number of carbonyl (C=O) groups is 1. The Balaban J connectivity index is 2.22. The second-order valence-corrected chi connectivity index (χ2v) is 3.48. The molecule has 74 valence electrons. The summed E-state index contributed by atoms with van der Waals surface area (Å²) in [6, 6.07) is 8.20. The lowest BCUT2D eigenvalue weighted by atomic mass is 9.99. The number of benzene rings is 1. The molecule has 0 unspecified atom stereocenters. The van der Waals surface area contributed by atoms with Crippen molar-refractivity contribution in [3.05, 3.63) is 35.4 Å². The van der Waals surface area contributed by atoms with Gasteiger partial charge < -0.3 is 10.1 Å². The number of ether oxygens (including phenoxy) is 1. The predicted octanol–water partition coefficient (Wildman–Crippen LogP) is 2.17. The van der Waals surface area contributed by atoms with Gasteiger partial charge in [-0.1, -0.05) is 24.3 Å². The number of hydrogen-bond donors (Lipinski definition) is 1. The van der Waals surface area contributed by atoms with Crippen molar-refractivity contribution in [2.24, 2.45) is 0 Å². The van der Waals surface area contributed by atoms with Gasteiger partial charge >= 0.3 is 6.09 Å². The van der Waals surface area contributed by atoms with Gasteiger partial charge in [0.2, 0.25) is 0 Å². The van der Waals surface area contributed by atoms with E-state index >= 15 is 0 Å². The van der Waals surface area contributed by atoms with Crippen LogP contribution in [-0.4, -0.2) is 12.7 Å². The number of nitrogens with one attached hydrogen (secondary N) is 1. The van der Waals surface area contributed by atoms with Crippen LogP contribution in [0.15, 0.2) is 24.3 Å². The molecule has 0 aliphatic carbocycles. The summed E-state index contributed by atoms with van der Waals surface area (Å²) >= 11 is 0. The van der Waals surface area contributed by atoms with Gasteiger partial charge in [0.25, 0.3) is 0 Å². The van der Waals surface area contributed by atoms with Gasteiger partial charge in [-0.2, -0.15) is 0 Å². The van der Waals surface area contributed by atoms with Gasteiger partial charge in [-0.3, -0.25) is 0 Å². The minimum atomic E-state index is -0.315. The third-order valence-electron chi connectivity index (χ3n) is 2.50. The van der Waals surface area contributed by atoms with Crippen LogP contribution in [0.2, 0.25) is 0 Å². The summed E-state index contributed by atoms with van der Waals surface area (Å²) in [5.41, 5.74) is 2.39. The van der Waals surface area contributed by atoms with Gasteiger partial charge in [-0.05, 0) is 18.1 Å². The first kappa shape index (κ1) is 9.06. The Morgan fingerprint density at radius 3 is 2.93 bits per heavy atom. The lowest BCUT2D eigenvalue weighted by Gasteiger charge is -2.24. The molecule has 14 heavy (non-hydrogen) atoms. The van der Waals surface area contributed by atoms with Crippen LogP contribution in [0.1, 0.15) is 23.6 Å². The van der Waals surface area contributed by atoms with Gasteiger partial charge in [0, 0.05) is 6.42 Å². The first-order valence-electron chi connectivity index (χ1n) is 4.76. The minimum Gasteiger partial charge on any atom is -0.449 e. The lowest BCUT2D eigenvalue weighted by Crippen LogP contribution is -2.35. The maximum atomic E-state index is 11.0. The molecule has 1 aliphatic heterocycles. The molecule has 1 amide bonds. The molecule has 0 bridgehead atoms. The van der Waals surface area contributed by atoms with Crippen molar-refractivity contribution in [1.82, 2.24) is 5.32 Å². The van der Waals surface area contributed by atoms with Gasteiger partial charge in [0.05, 0.1) is 12.6 Å². The van der Waals surface area contributed by atoms with Crippen molar-refractivity contribution >= 4 is 6.09 Å². The van der Waals surface area contributed by atoms with Crippen molar-refractivity contribution in [3.63, 3.8) is 0 Å². The fourth-order valence-corrected chi connectivity index (χ4v) is 1.74. The van der Waals surface area contributed by atoms with E-state index in [1.165, 1.54) is 11.1 Å². The molecule has 1 aromatic carbocycles. The zero-order valence-corrected chi connectivity index (χ0v) is 8.12. The zero-order valence-electron chi connectivity index (χ0n) is 8.12. The number of hydrogen-bond acceptors (Lipinski definition) is 2. The molecule has 0 radical (unpaired) electrons. The second kappa shape index (κ2) is 3.70. The highest BCUT2D eigenvalue weighted by atomic mass is 16.5. The predicted molar refractivity (Wildman–Crippen MR) is 53.0 cm³/mol. The number of carbonyl (C=O) groups excluding carboxylic acids is 1. The first-order chi connectivity index (χ1) is 6.77. The van der Waals surface area contributed by atoms with Crippen LogP contribution >= 0.6 is 0 Å². The van der Waals surface area contributed by atoms with E-state index in [9.17, 15) is 4.79 Å². The summed E-state index contributed by atoms with van der Waals surface area (Å²) in [7, 11) is 0. The van der Waals surface area contributed by atoms with E-state index in [1.54, 1.807) is 0 Å². The molecule has 1 heterocycles. The van der Waals surface area contributed by atoms with Crippen LogP contribution in [-0.2, 0) is 4.74 Å². The average molecular weight is 191 g/mol. The highest BCUT2D eigenvalue weighted by Gasteiger charge is 2.21. The summed E-state index contributed by atoms with van der Waals surface area (Å²) in [5, 5.41) is 2.81. The summed E-state index contributed by atoms with van der Waals surface area (Å²) in [6.45, 7) is 2.56. The highest BCUT2D eigenvalue weighted by molar-refractivity contribution is 5.68. The van der Waals surface area contributed by atoms with Crippen molar-refractivity contribution in [2.75, 3.05) is 6.61 Å². The van der Waals surface area contributed by atoms with Crippen LogP contribution in [0.3, 0.4) is 0 Å². The zero-order chi connectivity index (χ0) is 9.97. The minimum absolute atomic E-state index is 0.109. The van der Waals surface area contributed by atoms with Crippen LogP contribution in [0, 0.1) is 6.92 Å². The molecule has 0 spiro atoms. The normalized spacial score (nSPS) is 21.2. The molecule has 0 aromatic heterocycles. The van der Waals surface area contributed by atoms with Crippen molar-refractivity contribution in [2.45, 2.75) is 19.4 Å². The van der Waals surface area contributed by atoms with Gasteiger partial charge in [-0.15, -0.1) is 0 Å². The fourth-order valence-electron chi connectivity index (χ4n) is 1.74. The lowest BCUT2D eigenvalue weighted by molar-refractivity contribution is 0.115. The van der Waals surface area contributed by atoms with Gasteiger partial charge in [0.1, 0.15) is 0 Å². The Bertz CT molecular complexity index is 349. The van der Waals surface area contributed by atoms with E-state index in [0.717, 1.165) is 6.42 Å². The molecule has 0 saturated carbocycles. The number of alkyl carbamates (subject to hydrolysis) is 1. The van der Waals surface area contributed by atoms with Crippen molar-refractivity contribution < 1.29 is 9.53 Å². The maximum Gasteiger partial charge on any atom is 0.407 e. The molecule has 1 atom stereocenters. The average Bonchev–Trinajstić information content (AvgIpc) is 2.18. The van der Waals surface area contributed by atoms with E-state index in [2.05, 4.69) is 18.3 Å². The van der Waals surface area contributed by atoms with Crippen LogP contribution in [0.25, 0.3) is 0 Å². The summed E-state index contributed by atoms with van der Waals surface area (Å²) < 4.78 is 4.82. The van der Waals surface area contributed by atoms with E-state index in [1.807, 2.05) is 18.2 Å². The van der Waals surface area contributed by atoms with Crippen molar-refractivity contribution in [1.29, 1.82) is 0 Å².